The zero-order chi connectivity index (χ0) is 15.8. The number of benzene rings is 2. The van der Waals surface area contributed by atoms with Crippen LogP contribution < -0.4 is 10.6 Å². The van der Waals surface area contributed by atoms with Gasteiger partial charge in [-0.05, 0) is 42.0 Å². The molecule has 0 aromatic heterocycles. The van der Waals surface area contributed by atoms with Crippen LogP contribution in [0.4, 0.5) is 11.4 Å². The van der Waals surface area contributed by atoms with Gasteiger partial charge < -0.3 is 10.6 Å². The van der Waals surface area contributed by atoms with Crippen molar-refractivity contribution in [2.75, 3.05) is 17.2 Å². The van der Waals surface area contributed by atoms with Gasteiger partial charge in [-0.3, -0.25) is 4.79 Å². The van der Waals surface area contributed by atoms with Gasteiger partial charge in [0.2, 0.25) is 5.91 Å². The molecule has 5 heteroatoms. The molecule has 2 aromatic rings. The molecule has 2 rings (SSSR count). The van der Waals surface area contributed by atoms with Crippen LogP contribution in [-0.4, -0.2) is 12.5 Å². The Bertz CT molecular complexity index is 721. The maximum Gasteiger partial charge on any atom is 0.243 e. The third-order valence-corrected chi connectivity index (χ3v) is 2.99. The Morgan fingerprint density at radius 3 is 2.18 bits per heavy atom. The predicted octanol–water partition coefficient (Wildman–Crippen LogP) is 2.67. The van der Waals surface area contributed by atoms with Gasteiger partial charge >= 0.3 is 0 Å². The first-order chi connectivity index (χ1) is 10.7. The van der Waals surface area contributed by atoms with Crippen LogP contribution in [0.25, 0.3) is 0 Å². The zero-order valence-corrected chi connectivity index (χ0v) is 11.8. The Balaban J connectivity index is 1.84. The van der Waals surface area contributed by atoms with Crippen molar-refractivity contribution in [3.63, 3.8) is 0 Å². The highest BCUT2D eigenvalue weighted by Crippen LogP contribution is 2.11. The van der Waals surface area contributed by atoms with E-state index in [-0.39, 0.29) is 12.5 Å². The van der Waals surface area contributed by atoms with Gasteiger partial charge in [-0.1, -0.05) is 12.1 Å². The lowest BCUT2D eigenvalue weighted by molar-refractivity contribution is -0.114. The molecule has 0 fully saturated rings. The molecule has 5 nitrogen and oxygen atoms in total. The molecule has 0 aliphatic carbocycles. The normalized spacial score (nSPS) is 9.36. The van der Waals surface area contributed by atoms with E-state index in [0.29, 0.717) is 17.7 Å². The van der Waals surface area contributed by atoms with Crippen molar-refractivity contribution in [1.29, 1.82) is 10.5 Å². The van der Waals surface area contributed by atoms with Gasteiger partial charge in [0.1, 0.15) is 0 Å². The standard InChI is InChI=1S/C17H14N4O/c18-10-9-13-1-7-16(8-2-13)21-17(22)12-20-15-5-3-14(11-19)4-6-15/h1-8,20H,9,12H2,(H,21,22). The molecule has 0 heterocycles. The van der Waals surface area contributed by atoms with E-state index >= 15 is 0 Å². The van der Waals surface area contributed by atoms with Crippen LogP contribution in [0, 0.1) is 22.7 Å². The van der Waals surface area contributed by atoms with Gasteiger partial charge in [0.15, 0.2) is 0 Å². The fourth-order valence-electron chi connectivity index (χ4n) is 1.85. The molecule has 22 heavy (non-hydrogen) atoms. The number of carbonyl (C=O) groups is 1. The van der Waals surface area contributed by atoms with E-state index in [2.05, 4.69) is 16.7 Å². The summed E-state index contributed by atoms with van der Waals surface area (Å²) in [6.45, 7) is 0.131. The molecular formula is C17H14N4O. The number of carbonyl (C=O) groups excluding carboxylic acids is 1. The number of hydrogen-bond acceptors (Lipinski definition) is 4. The maximum absolute atomic E-state index is 11.8. The van der Waals surface area contributed by atoms with Crippen LogP contribution in [0.5, 0.6) is 0 Å². The highest BCUT2D eigenvalue weighted by atomic mass is 16.1. The van der Waals surface area contributed by atoms with Gasteiger partial charge in [-0.2, -0.15) is 10.5 Å². The summed E-state index contributed by atoms with van der Waals surface area (Å²) in [6.07, 6.45) is 0.356. The van der Waals surface area contributed by atoms with Gasteiger partial charge in [-0.15, -0.1) is 0 Å². The first-order valence-corrected chi connectivity index (χ1v) is 6.71. The molecule has 0 saturated heterocycles. The smallest absolute Gasteiger partial charge is 0.243 e. The van der Waals surface area contributed by atoms with Crippen molar-refractivity contribution in [1.82, 2.24) is 0 Å². The molecule has 2 aromatic carbocycles. The SMILES string of the molecule is N#CCc1ccc(NC(=O)CNc2ccc(C#N)cc2)cc1. The number of nitrogens with zero attached hydrogens (tertiary/aromatic N) is 2. The molecular weight excluding hydrogens is 276 g/mol. The first-order valence-electron chi connectivity index (χ1n) is 6.71. The number of anilines is 2. The molecule has 1 amide bonds. The number of nitriles is 2. The summed E-state index contributed by atoms with van der Waals surface area (Å²) >= 11 is 0. The number of amides is 1. The molecule has 0 unspecified atom stereocenters. The maximum atomic E-state index is 11.8. The van der Waals surface area contributed by atoms with E-state index in [0.717, 1.165) is 11.3 Å². The van der Waals surface area contributed by atoms with Crippen molar-refractivity contribution < 1.29 is 4.79 Å². The second kappa shape index (κ2) is 7.47. The Morgan fingerprint density at radius 1 is 0.955 bits per heavy atom. The monoisotopic (exact) mass is 290 g/mol. The van der Waals surface area contributed by atoms with Crippen molar-refractivity contribution in [3.05, 3.63) is 59.7 Å². The highest BCUT2D eigenvalue weighted by molar-refractivity contribution is 5.93. The van der Waals surface area contributed by atoms with E-state index in [1.807, 2.05) is 18.2 Å². The lowest BCUT2D eigenvalue weighted by atomic mass is 10.1. The van der Waals surface area contributed by atoms with E-state index in [1.165, 1.54) is 0 Å². The fourth-order valence-corrected chi connectivity index (χ4v) is 1.85. The largest absolute Gasteiger partial charge is 0.376 e. The molecule has 0 bridgehead atoms. The summed E-state index contributed by atoms with van der Waals surface area (Å²) in [6, 6.07) is 18.2. The summed E-state index contributed by atoms with van der Waals surface area (Å²) in [5.74, 6) is -0.169. The Kier molecular flexibility index (Phi) is 5.12. The Morgan fingerprint density at radius 2 is 1.59 bits per heavy atom. The molecule has 108 valence electrons. The lowest BCUT2D eigenvalue weighted by Crippen LogP contribution is -2.21. The molecule has 0 aliphatic rings. The molecule has 0 spiro atoms. The predicted molar refractivity (Wildman–Crippen MR) is 84.0 cm³/mol. The van der Waals surface area contributed by atoms with Crippen LogP contribution in [-0.2, 0) is 11.2 Å². The number of nitrogens with one attached hydrogen (secondary N) is 2. The van der Waals surface area contributed by atoms with Crippen LogP contribution in [0.2, 0.25) is 0 Å². The number of rotatable bonds is 5. The second-order valence-corrected chi connectivity index (χ2v) is 4.62. The van der Waals surface area contributed by atoms with Crippen molar-refractivity contribution in [2.24, 2.45) is 0 Å². The molecule has 2 N–H and O–H groups in total. The van der Waals surface area contributed by atoms with Crippen LogP contribution in [0.1, 0.15) is 11.1 Å². The van der Waals surface area contributed by atoms with Crippen LogP contribution in [0.3, 0.4) is 0 Å². The van der Waals surface area contributed by atoms with Gasteiger partial charge in [0, 0.05) is 11.4 Å². The van der Waals surface area contributed by atoms with Gasteiger partial charge in [0.05, 0.1) is 30.7 Å². The summed E-state index contributed by atoms with van der Waals surface area (Å²) in [5.41, 5.74) is 2.95. The summed E-state index contributed by atoms with van der Waals surface area (Å²) in [4.78, 5) is 11.8. The third kappa shape index (κ3) is 4.36. The molecule has 0 radical (unpaired) electrons. The molecule has 0 atom stereocenters. The van der Waals surface area contributed by atoms with E-state index in [1.54, 1.807) is 36.4 Å². The Hall–Kier alpha value is -3.31. The lowest BCUT2D eigenvalue weighted by Gasteiger charge is -2.08. The zero-order valence-electron chi connectivity index (χ0n) is 11.8. The van der Waals surface area contributed by atoms with E-state index in [9.17, 15) is 4.79 Å². The molecule has 0 aliphatic heterocycles. The Labute approximate surface area is 128 Å². The first kappa shape index (κ1) is 15.1. The van der Waals surface area contributed by atoms with Crippen molar-refractivity contribution in [3.8, 4) is 12.1 Å². The van der Waals surface area contributed by atoms with Gasteiger partial charge in [-0.25, -0.2) is 0 Å². The quantitative estimate of drug-likeness (QED) is 0.886. The minimum atomic E-state index is -0.169. The molecule has 0 saturated carbocycles. The van der Waals surface area contributed by atoms with Crippen LogP contribution >= 0.6 is 0 Å². The van der Waals surface area contributed by atoms with E-state index in [4.69, 9.17) is 10.5 Å². The van der Waals surface area contributed by atoms with Crippen LogP contribution in [0.15, 0.2) is 48.5 Å². The average Bonchev–Trinajstić information content (AvgIpc) is 2.55. The summed E-state index contributed by atoms with van der Waals surface area (Å²) in [5, 5.41) is 23.1. The number of hydrogen-bond donors (Lipinski definition) is 2. The highest BCUT2D eigenvalue weighted by Gasteiger charge is 2.02. The van der Waals surface area contributed by atoms with Crippen molar-refractivity contribution in [2.45, 2.75) is 6.42 Å². The fraction of sp³-hybridized carbons (Fsp3) is 0.118. The third-order valence-electron chi connectivity index (χ3n) is 2.99. The second-order valence-electron chi connectivity index (χ2n) is 4.62. The minimum Gasteiger partial charge on any atom is -0.376 e. The summed E-state index contributed by atoms with van der Waals surface area (Å²) in [7, 11) is 0. The minimum absolute atomic E-state index is 0.131. The summed E-state index contributed by atoms with van der Waals surface area (Å²) < 4.78 is 0. The van der Waals surface area contributed by atoms with Gasteiger partial charge in [0.25, 0.3) is 0 Å². The van der Waals surface area contributed by atoms with Crippen molar-refractivity contribution >= 4 is 17.3 Å². The average molecular weight is 290 g/mol. The van der Waals surface area contributed by atoms with E-state index < -0.39 is 0 Å². The topological polar surface area (TPSA) is 88.7 Å².